The molecule has 0 spiro atoms. The van der Waals surface area contributed by atoms with Gasteiger partial charge in [0.25, 0.3) is 0 Å². The summed E-state index contributed by atoms with van der Waals surface area (Å²) in [6, 6.07) is 7.08. The van der Waals surface area contributed by atoms with Crippen molar-refractivity contribution in [2.75, 3.05) is 5.33 Å². The lowest BCUT2D eigenvalue weighted by Gasteiger charge is -2.26. The highest BCUT2D eigenvalue weighted by molar-refractivity contribution is 9.09. The van der Waals surface area contributed by atoms with Gasteiger partial charge in [-0.2, -0.15) is 0 Å². The van der Waals surface area contributed by atoms with Gasteiger partial charge in [0.05, 0.1) is 0 Å². The molecule has 1 aromatic carbocycles. The lowest BCUT2D eigenvalue weighted by molar-refractivity contribution is 0.301. The van der Waals surface area contributed by atoms with Gasteiger partial charge in [-0.3, -0.25) is 0 Å². The minimum atomic E-state index is -0.132. The van der Waals surface area contributed by atoms with Gasteiger partial charge in [-0.1, -0.05) is 34.5 Å². The lowest BCUT2D eigenvalue weighted by atomic mass is 9.81. The summed E-state index contributed by atoms with van der Waals surface area (Å²) < 4.78 is 13.0. The molecule has 4 atom stereocenters. The van der Waals surface area contributed by atoms with Gasteiger partial charge in [-0.25, -0.2) is 4.39 Å². The van der Waals surface area contributed by atoms with Crippen molar-refractivity contribution in [3.63, 3.8) is 0 Å². The highest BCUT2D eigenvalue weighted by Gasteiger charge is 2.40. The fourth-order valence-corrected chi connectivity index (χ4v) is 4.69. The van der Waals surface area contributed by atoms with Crippen LogP contribution >= 0.6 is 15.9 Å². The molecule has 2 aliphatic rings. The first-order valence-corrected chi connectivity index (χ1v) is 8.20. The molecule has 18 heavy (non-hydrogen) atoms. The van der Waals surface area contributed by atoms with Crippen molar-refractivity contribution < 1.29 is 4.39 Å². The molecule has 2 bridgehead atoms. The number of alkyl halides is 1. The fraction of sp³-hybridized carbons (Fsp3) is 0.625. The Hall–Kier alpha value is -0.370. The van der Waals surface area contributed by atoms with E-state index in [0.717, 1.165) is 23.1 Å². The average Bonchev–Trinajstić information content (AvgIpc) is 2.99. The van der Waals surface area contributed by atoms with Gasteiger partial charge in [-0.05, 0) is 67.1 Å². The van der Waals surface area contributed by atoms with Crippen LogP contribution in [0.2, 0.25) is 0 Å². The molecule has 0 saturated heterocycles. The van der Waals surface area contributed by atoms with Crippen molar-refractivity contribution in [1.82, 2.24) is 0 Å². The molecule has 0 nitrogen and oxygen atoms in total. The Balaban J connectivity index is 1.67. The highest BCUT2D eigenvalue weighted by Crippen LogP contribution is 2.51. The molecular formula is C16H20BrF. The van der Waals surface area contributed by atoms with Gasteiger partial charge in [0, 0.05) is 5.33 Å². The smallest absolute Gasteiger partial charge is 0.123 e. The third kappa shape index (κ3) is 2.49. The number of halogens is 2. The quantitative estimate of drug-likeness (QED) is 0.676. The fourth-order valence-electron chi connectivity index (χ4n) is 4.05. The molecule has 4 unspecified atom stereocenters. The van der Waals surface area contributed by atoms with E-state index in [1.807, 2.05) is 12.1 Å². The van der Waals surface area contributed by atoms with Crippen LogP contribution in [-0.4, -0.2) is 5.33 Å². The Labute approximate surface area is 117 Å². The Morgan fingerprint density at radius 1 is 1.17 bits per heavy atom. The van der Waals surface area contributed by atoms with Crippen molar-refractivity contribution in [3.05, 3.63) is 35.6 Å². The van der Waals surface area contributed by atoms with Gasteiger partial charge < -0.3 is 0 Å². The summed E-state index contributed by atoms with van der Waals surface area (Å²) in [5.41, 5.74) is 1.29. The monoisotopic (exact) mass is 310 g/mol. The lowest BCUT2D eigenvalue weighted by Crippen LogP contribution is -2.15. The average molecular weight is 311 g/mol. The highest BCUT2D eigenvalue weighted by atomic mass is 79.9. The first-order valence-electron chi connectivity index (χ1n) is 7.07. The Kier molecular flexibility index (Phi) is 3.74. The predicted molar refractivity (Wildman–Crippen MR) is 76.5 cm³/mol. The van der Waals surface area contributed by atoms with E-state index >= 15 is 0 Å². The zero-order valence-electron chi connectivity index (χ0n) is 10.6. The normalized spacial score (nSPS) is 31.8. The molecule has 0 aromatic heterocycles. The molecular weight excluding hydrogens is 291 g/mol. The molecule has 3 rings (SSSR count). The minimum absolute atomic E-state index is 0.132. The van der Waals surface area contributed by atoms with Crippen LogP contribution in [0.1, 0.15) is 43.6 Å². The Bertz CT molecular complexity index is 400. The standard InChI is InChI=1S/C16H20BrF/c17-10-15(12-3-5-16(18)6-4-12)9-14-8-11-1-2-13(14)7-11/h3-6,11,13-15H,1-2,7-10H2. The SMILES string of the molecule is Fc1ccc(C(CBr)CC2CC3CCC2C3)cc1. The number of fused-ring (bicyclic) bond motifs is 2. The molecule has 0 N–H and O–H groups in total. The van der Waals surface area contributed by atoms with Gasteiger partial charge in [0.15, 0.2) is 0 Å². The van der Waals surface area contributed by atoms with E-state index < -0.39 is 0 Å². The number of hydrogen-bond acceptors (Lipinski definition) is 0. The van der Waals surface area contributed by atoms with Crippen LogP contribution in [0.5, 0.6) is 0 Å². The van der Waals surface area contributed by atoms with Crippen LogP contribution in [0.25, 0.3) is 0 Å². The Morgan fingerprint density at radius 3 is 2.50 bits per heavy atom. The van der Waals surface area contributed by atoms with Crippen LogP contribution in [-0.2, 0) is 0 Å². The number of hydrogen-bond donors (Lipinski definition) is 0. The molecule has 0 heterocycles. The van der Waals surface area contributed by atoms with Crippen LogP contribution < -0.4 is 0 Å². The molecule has 0 amide bonds. The van der Waals surface area contributed by atoms with Crippen LogP contribution in [0.15, 0.2) is 24.3 Å². The van der Waals surface area contributed by atoms with E-state index in [4.69, 9.17) is 0 Å². The maximum absolute atomic E-state index is 13.0. The largest absolute Gasteiger partial charge is 0.207 e. The van der Waals surface area contributed by atoms with E-state index in [-0.39, 0.29) is 5.82 Å². The van der Waals surface area contributed by atoms with E-state index in [1.165, 1.54) is 37.7 Å². The molecule has 1 aromatic rings. The van der Waals surface area contributed by atoms with Crippen molar-refractivity contribution in [2.24, 2.45) is 17.8 Å². The Morgan fingerprint density at radius 2 is 1.94 bits per heavy atom. The van der Waals surface area contributed by atoms with Gasteiger partial charge in [0.1, 0.15) is 5.82 Å². The molecule has 0 radical (unpaired) electrons. The van der Waals surface area contributed by atoms with Crippen molar-refractivity contribution in [1.29, 1.82) is 0 Å². The summed E-state index contributed by atoms with van der Waals surface area (Å²) in [5, 5.41) is 0.993. The summed E-state index contributed by atoms with van der Waals surface area (Å²) in [6.45, 7) is 0. The van der Waals surface area contributed by atoms with E-state index in [2.05, 4.69) is 15.9 Å². The first-order chi connectivity index (χ1) is 8.76. The topological polar surface area (TPSA) is 0 Å². The van der Waals surface area contributed by atoms with Crippen molar-refractivity contribution in [2.45, 2.75) is 38.0 Å². The summed E-state index contributed by atoms with van der Waals surface area (Å²) in [4.78, 5) is 0. The van der Waals surface area contributed by atoms with Crippen LogP contribution in [0, 0.1) is 23.6 Å². The first kappa shape index (κ1) is 12.7. The zero-order chi connectivity index (χ0) is 12.5. The molecule has 2 aliphatic carbocycles. The summed E-state index contributed by atoms with van der Waals surface area (Å²) >= 11 is 3.64. The van der Waals surface area contributed by atoms with Crippen molar-refractivity contribution in [3.8, 4) is 0 Å². The number of benzene rings is 1. The second kappa shape index (κ2) is 5.32. The van der Waals surface area contributed by atoms with Gasteiger partial charge in [0.2, 0.25) is 0 Å². The summed E-state index contributed by atoms with van der Waals surface area (Å²) in [6.07, 6.45) is 7.11. The molecule has 2 heteroatoms. The minimum Gasteiger partial charge on any atom is -0.207 e. The maximum Gasteiger partial charge on any atom is 0.123 e. The molecule has 2 saturated carbocycles. The predicted octanol–water partition coefficient (Wildman–Crippen LogP) is 5.13. The summed E-state index contributed by atoms with van der Waals surface area (Å²) in [7, 11) is 0. The maximum atomic E-state index is 13.0. The zero-order valence-corrected chi connectivity index (χ0v) is 12.2. The van der Waals surface area contributed by atoms with Crippen LogP contribution in [0.4, 0.5) is 4.39 Å². The van der Waals surface area contributed by atoms with Crippen molar-refractivity contribution >= 4 is 15.9 Å². The molecule has 98 valence electrons. The number of rotatable bonds is 4. The van der Waals surface area contributed by atoms with Crippen LogP contribution in [0.3, 0.4) is 0 Å². The van der Waals surface area contributed by atoms with E-state index in [9.17, 15) is 4.39 Å². The second-order valence-electron chi connectivity index (χ2n) is 6.07. The molecule has 0 aliphatic heterocycles. The summed E-state index contributed by atoms with van der Waals surface area (Å²) in [5.74, 6) is 3.33. The van der Waals surface area contributed by atoms with Gasteiger partial charge in [-0.15, -0.1) is 0 Å². The van der Waals surface area contributed by atoms with E-state index in [0.29, 0.717) is 5.92 Å². The third-order valence-corrected chi connectivity index (χ3v) is 5.78. The van der Waals surface area contributed by atoms with Gasteiger partial charge >= 0.3 is 0 Å². The molecule has 2 fully saturated rings. The second-order valence-corrected chi connectivity index (χ2v) is 6.72. The van der Waals surface area contributed by atoms with E-state index in [1.54, 1.807) is 12.1 Å². The third-order valence-electron chi connectivity index (χ3n) is 5.00.